The number of nitrogens with one attached hydrogen (secondary N) is 2. The molecule has 2 unspecified atom stereocenters. The maximum Gasteiger partial charge on any atom is 0.214 e. The van der Waals surface area contributed by atoms with Crippen molar-refractivity contribution >= 4 is 51.9 Å². The third kappa shape index (κ3) is 13.5. The van der Waals surface area contributed by atoms with E-state index in [0.29, 0.717) is 39.7 Å². The highest BCUT2D eigenvalue weighted by atomic mass is 32.1. The fraction of sp³-hybridized carbons (Fsp3) is 0.317. The van der Waals surface area contributed by atoms with E-state index in [0.717, 1.165) is 45.5 Å². The number of benzene rings is 4. The van der Waals surface area contributed by atoms with Crippen molar-refractivity contribution < 1.29 is 34.0 Å². The maximum atomic E-state index is 12.8. The number of amides is 1. The van der Waals surface area contributed by atoms with Gasteiger partial charge in [0.2, 0.25) is 6.41 Å². The summed E-state index contributed by atoms with van der Waals surface area (Å²) in [6.45, 7) is 18.6. The number of hydrogen-bond donors (Lipinski definition) is 6. The highest BCUT2D eigenvalue weighted by molar-refractivity contribution is 7.08. The van der Waals surface area contributed by atoms with Gasteiger partial charge in [-0.2, -0.15) is 22.7 Å². The molecule has 75 heavy (non-hydrogen) atoms. The number of nitrogens with two attached hydrogens (primary N) is 2. The van der Waals surface area contributed by atoms with E-state index in [1.807, 2.05) is 147 Å². The summed E-state index contributed by atoms with van der Waals surface area (Å²) in [6.07, 6.45) is 2.48. The van der Waals surface area contributed by atoms with Crippen LogP contribution in [0.2, 0.25) is 0 Å². The Hall–Kier alpha value is -6.85. The zero-order valence-corrected chi connectivity index (χ0v) is 46.5. The van der Waals surface area contributed by atoms with Gasteiger partial charge >= 0.3 is 0 Å². The van der Waals surface area contributed by atoms with Crippen molar-refractivity contribution in [1.82, 2.24) is 0 Å². The first-order valence-corrected chi connectivity index (χ1v) is 26.6. The summed E-state index contributed by atoms with van der Waals surface area (Å²) in [7, 11) is 3.19. The molecule has 1 fully saturated rings. The third-order valence-electron chi connectivity index (χ3n) is 13.1. The van der Waals surface area contributed by atoms with E-state index in [4.69, 9.17) is 35.8 Å². The number of aliphatic hydroxyl groups excluding tert-OH is 2. The van der Waals surface area contributed by atoms with E-state index < -0.39 is 41.9 Å². The molecule has 0 spiro atoms. The van der Waals surface area contributed by atoms with Gasteiger partial charge < -0.3 is 61.2 Å². The Morgan fingerprint density at radius 3 is 1.48 bits per heavy atom. The van der Waals surface area contributed by atoms with Crippen LogP contribution in [0.1, 0.15) is 78.6 Å². The second-order valence-corrected chi connectivity index (χ2v) is 20.4. The van der Waals surface area contributed by atoms with E-state index >= 15 is 0 Å². The van der Waals surface area contributed by atoms with E-state index in [1.54, 1.807) is 68.8 Å². The van der Waals surface area contributed by atoms with Crippen LogP contribution in [0.4, 0.5) is 11.4 Å². The number of rotatable bonds is 20. The van der Waals surface area contributed by atoms with Crippen molar-refractivity contribution in [2.45, 2.75) is 73.3 Å². The molecule has 7 rings (SSSR count). The molecule has 1 aliphatic heterocycles. The van der Waals surface area contributed by atoms with Crippen molar-refractivity contribution in [3.05, 3.63) is 177 Å². The summed E-state index contributed by atoms with van der Waals surface area (Å²) in [5.74, 6) is 0.483. The maximum absolute atomic E-state index is 12.8. The molecule has 1 amide bonds. The Morgan fingerprint density at radius 1 is 0.707 bits per heavy atom. The van der Waals surface area contributed by atoms with Crippen molar-refractivity contribution in [2.75, 3.05) is 50.4 Å². The quantitative estimate of drug-likeness (QED) is 0.0316. The second kappa shape index (κ2) is 26.6. The average Bonchev–Trinajstić information content (AvgIpc) is 4.19. The Balaban J connectivity index is 0.000000269. The van der Waals surface area contributed by atoms with Gasteiger partial charge in [-0.25, -0.2) is 0 Å². The van der Waals surface area contributed by atoms with Gasteiger partial charge in [0, 0.05) is 56.5 Å². The lowest BCUT2D eigenvalue weighted by Crippen LogP contribution is -2.50. The van der Waals surface area contributed by atoms with Crippen LogP contribution in [0.25, 0.3) is 22.3 Å². The molecule has 0 bridgehead atoms. The number of nitrogens with zero attached hydrogens (tertiary/aromatic N) is 2. The molecule has 2 aromatic heterocycles. The zero-order chi connectivity index (χ0) is 55.1. The fourth-order valence-corrected chi connectivity index (χ4v) is 9.99. The Labute approximate surface area is 451 Å². The van der Waals surface area contributed by atoms with Crippen LogP contribution >= 0.6 is 22.7 Å². The van der Waals surface area contributed by atoms with E-state index in [-0.39, 0.29) is 24.6 Å². The molecule has 0 radical (unpaired) electrons. The predicted molar refractivity (Wildman–Crippen MR) is 309 cm³/mol. The second-order valence-electron chi connectivity index (χ2n) is 18.9. The fourth-order valence-electron chi connectivity index (χ4n) is 8.66. The van der Waals surface area contributed by atoms with E-state index in [9.17, 15) is 20.4 Å². The minimum Gasteiger partial charge on any atom is -0.496 e. The van der Waals surface area contributed by atoms with Crippen molar-refractivity contribution in [3.63, 3.8) is 0 Å². The number of thiophene rings is 2. The molecule has 1 aliphatic rings. The number of ether oxygens (including phenoxy) is 4. The third-order valence-corrected chi connectivity index (χ3v) is 14.5. The molecule has 0 aliphatic carbocycles. The number of aliphatic hydroxyl groups is 2. The van der Waals surface area contributed by atoms with Gasteiger partial charge in [0.1, 0.15) is 11.5 Å². The number of carbonyl (C=O) groups is 1. The SMILES string of the molecule is C=CN(c1ccc(-c2ccsc2)cc1)C(/C(C(=N)C(C)(CO)CO)=C(\C)N)c1ccccc1OC.CC.COc1ccccc1C(/C(C(=N)C1(C)COC(C)(C)OC1)=C(\C)N)N(C=O)c1ccc(-c2ccsc2)cc1. The summed E-state index contributed by atoms with van der Waals surface area (Å²) in [6, 6.07) is 33.8. The van der Waals surface area contributed by atoms with Gasteiger partial charge in [-0.1, -0.05) is 81.1 Å². The van der Waals surface area contributed by atoms with Crippen LogP contribution in [-0.2, 0) is 14.3 Å². The number of carbonyl (C=O) groups excluding carboxylic acids is 1. The minimum atomic E-state index is -1.19. The van der Waals surface area contributed by atoms with E-state index in [2.05, 4.69) is 29.5 Å². The van der Waals surface area contributed by atoms with Crippen molar-refractivity contribution in [3.8, 4) is 33.8 Å². The number of allylic oxidation sites excluding steroid dienone is 2. The van der Waals surface area contributed by atoms with E-state index in [1.165, 1.54) is 0 Å². The zero-order valence-electron chi connectivity index (χ0n) is 44.8. The molecule has 6 aromatic rings. The molecular formula is C60H74N6O7S2. The standard InChI is InChI=1S/C30H35N3O4S.C28H33N3O3S.C2H6/c1-20(31)26(28(32)30(4)17-36-29(2,3)37-18-30)27(24-8-6-7-9-25(24)35-5)33(19-34)23-12-10-21(11-13-23)22-14-15-38-16-22;1-5-31(22-12-10-20(11-13-22)21-14-15-35-16-21)26(23-8-6-7-9-24(23)34-4)25(19(2)29)27(30)28(3,17-32)18-33;1-2/h6-16,19,27,32H,17-18,31H2,1-5H3;5-16,26,30,32-33H,1,17-18,29H2,2-4H3;1-2H3/b26-20-,32-28?;25-19-,30-27?;. The molecular weight excluding hydrogens is 981 g/mol. The minimum absolute atomic E-state index is 0.0557. The monoisotopic (exact) mass is 1050 g/mol. The number of anilines is 2. The molecule has 4 aromatic carbocycles. The molecule has 2 atom stereocenters. The predicted octanol–water partition coefficient (Wildman–Crippen LogP) is 12.6. The van der Waals surface area contributed by atoms with Crippen molar-refractivity contribution in [1.29, 1.82) is 10.8 Å². The molecule has 1 saturated heterocycles. The molecule has 13 nitrogen and oxygen atoms in total. The number of methoxy groups -OCH3 is 2. The van der Waals surface area contributed by atoms with Crippen LogP contribution in [0.15, 0.2) is 166 Å². The highest BCUT2D eigenvalue weighted by Crippen LogP contribution is 2.44. The number of hydrogen-bond acceptors (Lipinski definition) is 14. The number of para-hydroxylation sites is 2. The first kappa shape index (κ1) is 59.0. The molecule has 3 heterocycles. The van der Waals surface area contributed by atoms with Gasteiger partial charge in [-0.15, -0.1) is 0 Å². The van der Waals surface area contributed by atoms with Gasteiger partial charge in [-0.3, -0.25) is 4.79 Å². The van der Waals surface area contributed by atoms with Crippen LogP contribution in [-0.4, -0.2) is 74.5 Å². The summed E-state index contributed by atoms with van der Waals surface area (Å²) in [5, 5.41) is 46.8. The lowest BCUT2D eigenvalue weighted by atomic mass is 9.77. The van der Waals surface area contributed by atoms with Gasteiger partial charge in [0.05, 0.1) is 63.6 Å². The van der Waals surface area contributed by atoms with Gasteiger partial charge in [0.15, 0.2) is 5.79 Å². The largest absolute Gasteiger partial charge is 0.496 e. The van der Waals surface area contributed by atoms with Gasteiger partial charge in [0.25, 0.3) is 0 Å². The first-order valence-electron chi connectivity index (χ1n) is 24.7. The average molecular weight is 1060 g/mol. The normalized spacial score (nSPS) is 15.1. The highest BCUT2D eigenvalue weighted by Gasteiger charge is 2.44. The van der Waals surface area contributed by atoms with Crippen LogP contribution in [0.3, 0.4) is 0 Å². The molecule has 15 heteroatoms. The lowest BCUT2D eigenvalue weighted by Gasteiger charge is -2.43. The van der Waals surface area contributed by atoms with Crippen LogP contribution in [0.5, 0.6) is 11.5 Å². The topological polar surface area (TPSA) is 201 Å². The Kier molecular flexibility index (Phi) is 20.9. The summed E-state index contributed by atoms with van der Waals surface area (Å²) in [5.41, 5.74) is 20.5. The summed E-state index contributed by atoms with van der Waals surface area (Å²) >= 11 is 3.28. The molecule has 398 valence electrons. The van der Waals surface area contributed by atoms with Crippen LogP contribution < -0.4 is 30.7 Å². The smallest absolute Gasteiger partial charge is 0.214 e. The molecule has 0 saturated carbocycles. The Morgan fingerprint density at radius 2 is 1.12 bits per heavy atom. The molecule has 8 N–H and O–H groups in total. The lowest BCUT2D eigenvalue weighted by molar-refractivity contribution is -0.270. The van der Waals surface area contributed by atoms with Crippen LogP contribution in [0, 0.1) is 21.6 Å². The summed E-state index contributed by atoms with van der Waals surface area (Å²) < 4.78 is 23.3. The Bertz CT molecular complexity index is 2870. The first-order chi connectivity index (χ1) is 35.9. The van der Waals surface area contributed by atoms with Crippen molar-refractivity contribution in [2.24, 2.45) is 22.3 Å². The summed E-state index contributed by atoms with van der Waals surface area (Å²) in [4.78, 5) is 16.4. The van der Waals surface area contributed by atoms with Gasteiger partial charge in [-0.05, 0) is 140 Å².